The maximum absolute atomic E-state index is 11.5. The predicted molar refractivity (Wildman–Crippen MR) is 105 cm³/mol. The van der Waals surface area contributed by atoms with Crippen LogP contribution >= 0.6 is 24.0 Å². The average molecular weight is 434 g/mol. The van der Waals surface area contributed by atoms with E-state index in [4.69, 9.17) is 4.74 Å². The van der Waals surface area contributed by atoms with Gasteiger partial charge in [0.1, 0.15) is 0 Å². The molecule has 1 rings (SSSR count). The van der Waals surface area contributed by atoms with Crippen molar-refractivity contribution in [3.05, 3.63) is 29.8 Å². The van der Waals surface area contributed by atoms with E-state index in [1.54, 1.807) is 14.2 Å². The molecule has 0 aliphatic heterocycles. The summed E-state index contributed by atoms with van der Waals surface area (Å²) in [6, 6.07) is 7.78. The molecule has 0 bridgehead atoms. The van der Waals surface area contributed by atoms with E-state index in [1.807, 2.05) is 31.2 Å². The second kappa shape index (κ2) is 13.1. The van der Waals surface area contributed by atoms with Crippen molar-refractivity contribution in [1.82, 2.24) is 10.6 Å². The smallest absolute Gasteiger partial charge is 0.224 e. The summed E-state index contributed by atoms with van der Waals surface area (Å²) in [6.45, 7) is 3.99. The molecule has 0 aliphatic rings. The van der Waals surface area contributed by atoms with Crippen LogP contribution in [-0.2, 0) is 16.1 Å². The Kier molecular flexibility index (Phi) is 12.4. The molecular formula is C16H27IN4O2. The van der Waals surface area contributed by atoms with Crippen molar-refractivity contribution in [2.75, 3.05) is 32.6 Å². The van der Waals surface area contributed by atoms with Crippen molar-refractivity contribution >= 4 is 41.5 Å². The summed E-state index contributed by atoms with van der Waals surface area (Å²) in [6.07, 6.45) is 1.40. The van der Waals surface area contributed by atoms with Gasteiger partial charge in [0.05, 0.1) is 6.61 Å². The first-order valence-corrected chi connectivity index (χ1v) is 7.51. The lowest BCUT2D eigenvalue weighted by Crippen LogP contribution is -2.38. The summed E-state index contributed by atoms with van der Waals surface area (Å²) in [4.78, 5) is 15.7. The maximum Gasteiger partial charge on any atom is 0.224 e. The molecule has 1 amide bonds. The Morgan fingerprint density at radius 2 is 1.91 bits per heavy atom. The van der Waals surface area contributed by atoms with Gasteiger partial charge in [0, 0.05) is 39.4 Å². The van der Waals surface area contributed by atoms with Gasteiger partial charge in [0.15, 0.2) is 5.96 Å². The number of nitrogens with zero attached hydrogens (tertiary/aromatic N) is 1. The van der Waals surface area contributed by atoms with Gasteiger partial charge in [-0.3, -0.25) is 9.79 Å². The Balaban J connectivity index is 0.00000484. The molecule has 0 fully saturated rings. The molecule has 0 unspecified atom stereocenters. The summed E-state index contributed by atoms with van der Waals surface area (Å²) in [5, 5.41) is 9.24. The molecule has 6 nitrogen and oxygen atoms in total. The van der Waals surface area contributed by atoms with Crippen LogP contribution in [0.4, 0.5) is 5.69 Å². The SMILES string of the molecule is CCCC(=O)Nc1ccc(CNC(=NC)NCCOC)cc1.I. The molecule has 23 heavy (non-hydrogen) atoms. The van der Waals surface area contributed by atoms with Crippen molar-refractivity contribution in [2.45, 2.75) is 26.3 Å². The van der Waals surface area contributed by atoms with Gasteiger partial charge in [0.25, 0.3) is 0 Å². The number of nitrogens with one attached hydrogen (secondary N) is 3. The summed E-state index contributed by atoms with van der Waals surface area (Å²) >= 11 is 0. The quantitative estimate of drug-likeness (QED) is 0.254. The molecule has 0 aliphatic carbocycles. The standard InChI is InChI=1S/C16H26N4O2.HI/c1-4-5-15(21)20-14-8-6-13(7-9-14)12-19-16(17-2)18-10-11-22-3;/h6-9H,4-5,10-12H2,1-3H3,(H,20,21)(H2,17,18,19);1H. The molecule has 7 heteroatoms. The van der Waals surface area contributed by atoms with Gasteiger partial charge in [-0.05, 0) is 24.1 Å². The number of anilines is 1. The predicted octanol–water partition coefficient (Wildman–Crippen LogP) is 2.35. The molecule has 0 atom stereocenters. The molecule has 0 radical (unpaired) electrons. The van der Waals surface area contributed by atoms with Crippen LogP contribution in [0.1, 0.15) is 25.3 Å². The van der Waals surface area contributed by atoms with E-state index >= 15 is 0 Å². The lowest BCUT2D eigenvalue weighted by atomic mass is 10.2. The minimum absolute atomic E-state index is 0. The Bertz CT molecular complexity index is 477. The Labute approximate surface area is 155 Å². The van der Waals surface area contributed by atoms with E-state index in [2.05, 4.69) is 20.9 Å². The number of hydrogen-bond acceptors (Lipinski definition) is 3. The highest BCUT2D eigenvalue weighted by atomic mass is 127. The van der Waals surface area contributed by atoms with Crippen LogP contribution in [0.2, 0.25) is 0 Å². The molecule has 1 aromatic carbocycles. The van der Waals surface area contributed by atoms with Crippen molar-refractivity contribution < 1.29 is 9.53 Å². The lowest BCUT2D eigenvalue weighted by molar-refractivity contribution is -0.116. The van der Waals surface area contributed by atoms with Crippen LogP contribution in [0.25, 0.3) is 0 Å². The highest BCUT2D eigenvalue weighted by Crippen LogP contribution is 2.10. The second-order valence-electron chi connectivity index (χ2n) is 4.84. The number of ether oxygens (including phenoxy) is 1. The van der Waals surface area contributed by atoms with Gasteiger partial charge in [-0.25, -0.2) is 0 Å². The molecule has 1 aromatic rings. The third-order valence-corrected chi connectivity index (χ3v) is 3.00. The van der Waals surface area contributed by atoms with Gasteiger partial charge < -0.3 is 20.7 Å². The highest BCUT2D eigenvalue weighted by molar-refractivity contribution is 14.0. The summed E-state index contributed by atoms with van der Waals surface area (Å²) in [7, 11) is 3.40. The molecule has 3 N–H and O–H groups in total. The fraction of sp³-hybridized carbons (Fsp3) is 0.500. The minimum atomic E-state index is 0. The molecule has 0 heterocycles. The van der Waals surface area contributed by atoms with Crippen LogP contribution in [0.15, 0.2) is 29.3 Å². The third-order valence-electron chi connectivity index (χ3n) is 3.00. The summed E-state index contributed by atoms with van der Waals surface area (Å²) in [5.74, 6) is 0.786. The van der Waals surface area contributed by atoms with E-state index in [0.717, 1.165) is 23.6 Å². The zero-order valence-electron chi connectivity index (χ0n) is 14.0. The fourth-order valence-electron chi connectivity index (χ4n) is 1.83. The number of carbonyl (C=O) groups is 1. The Hall–Kier alpha value is -1.35. The van der Waals surface area contributed by atoms with Gasteiger partial charge in [-0.1, -0.05) is 19.1 Å². The van der Waals surface area contributed by atoms with E-state index in [9.17, 15) is 4.79 Å². The number of carbonyl (C=O) groups excluding carboxylic acids is 1. The molecule has 0 saturated heterocycles. The summed E-state index contributed by atoms with van der Waals surface area (Å²) in [5.41, 5.74) is 1.94. The number of halogens is 1. The topological polar surface area (TPSA) is 74.8 Å². The van der Waals surface area contributed by atoms with Crippen molar-refractivity contribution in [3.8, 4) is 0 Å². The van der Waals surface area contributed by atoms with Crippen LogP contribution in [0.5, 0.6) is 0 Å². The zero-order chi connectivity index (χ0) is 16.2. The number of rotatable bonds is 8. The van der Waals surface area contributed by atoms with Crippen molar-refractivity contribution in [3.63, 3.8) is 0 Å². The zero-order valence-corrected chi connectivity index (χ0v) is 16.3. The van der Waals surface area contributed by atoms with Crippen LogP contribution in [-0.4, -0.2) is 39.2 Å². The van der Waals surface area contributed by atoms with Gasteiger partial charge in [0.2, 0.25) is 5.91 Å². The number of guanidine groups is 1. The first kappa shape index (κ1) is 21.6. The fourth-order valence-corrected chi connectivity index (χ4v) is 1.83. The first-order valence-electron chi connectivity index (χ1n) is 7.51. The largest absolute Gasteiger partial charge is 0.383 e. The number of methoxy groups -OCH3 is 1. The Morgan fingerprint density at radius 3 is 2.48 bits per heavy atom. The van der Waals surface area contributed by atoms with E-state index in [0.29, 0.717) is 26.1 Å². The number of aliphatic imine (C=N–C) groups is 1. The molecule has 0 spiro atoms. The highest BCUT2D eigenvalue weighted by Gasteiger charge is 2.01. The molecule has 130 valence electrons. The monoisotopic (exact) mass is 434 g/mol. The van der Waals surface area contributed by atoms with Gasteiger partial charge in [-0.15, -0.1) is 24.0 Å². The van der Waals surface area contributed by atoms with E-state index in [-0.39, 0.29) is 29.9 Å². The van der Waals surface area contributed by atoms with Crippen LogP contribution < -0.4 is 16.0 Å². The number of benzene rings is 1. The van der Waals surface area contributed by atoms with E-state index < -0.39 is 0 Å². The number of amides is 1. The minimum Gasteiger partial charge on any atom is -0.383 e. The lowest BCUT2D eigenvalue weighted by Gasteiger charge is -2.12. The van der Waals surface area contributed by atoms with Crippen molar-refractivity contribution in [1.29, 1.82) is 0 Å². The number of hydrogen-bond donors (Lipinski definition) is 3. The van der Waals surface area contributed by atoms with Crippen LogP contribution in [0, 0.1) is 0 Å². The molecular weight excluding hydrogens is 407 g/mol. The average Bonchev–Trinajstić information content (AvgIpc) is 2.52. The molecule has 0 aromatic heterocycles. The Morgan fingerprint density at radius 1 is 1.22 bits per heavy atom. The van der Waals surface area contributed by atoms with Gasteiger partial charge >= 0.3 is 0 Å². The third kappa shape index (κ3) is 9.39. The summed E-state index contributed by atoms with van der Waals surface area (Å²) < 4.78 is 4.98. The van der Waals surface area contributed by atoms with Gasteiger partial charge in [-0.2, -0.15) is 0 Å². The van der Waals surface area contributed by atoms with E-state index in [1.165, 1.54) is 0 Å². The van der Waals surface area contributed by atoms with Crippen LogP contribution in [0.3, 0.4) is 0 Å². The maximum atomic E-state index is 11.5. The van der Waals surface area contributed by atoms with Crippen molar-refractivity contribution in [2.24, 2.45) is 4.99 Å². The first-order chi connectivity index (χ1) is 10.7. The normalized spacial score (nSPS) is 10.7. The molecule has 0 saturated carbocycles. The second-order valence-corrected chi connectivity index (χ2v) is 4.84.